The van der Waals surface area contributed by atoms with Gasteiger partial charge in [0.25, 0.3) is 5.91 Å². The normalized spacial score (nSPS) is 23.2. The molecule has 2 aromatic rings. The molecular formula is C21H23FN4O3. The van der Waals surface area contributed by atoms with Crippen molar-refractivity contribution in [3.05, 3.63) is 69.9 Å². The van der Waals surface area contributed by atoms with Crippen LogP contribution in [0.3, 0.4) is 0 Å². The molecule has 4 rings (SSSR count). The fourth-order valence-corrected chi connectivity index (χ4v) is 4.54. The van der Waals surface area contributed by atoms with Crippen molar-refractivity contribution in [1.29, 1.82) is 0 Å². The Labute approximate surface area is 167 Å². The van der Waals surface area contributed by atoms with Gasteiger partial charge in [-0.25, -0.2) is 9.18 Å². The number of rotatable bonds is 2. The minimum Gasteiger partial charge on any atom is -0.338 e. The van der Waals surface area contributed by atoms with Gasteiger partial charge < -0.3 is 19.7 Å². The first-order chi connectivity index (χ1) is 13.8. The zero-order valence-electron chi connectivity index (χ0n) is 16.3. The van der Waals surface area contributed by atoms with E-state index in [9.17, 15) is 18.8 Å². The van der Waals surface area contributed by atoms with Crippen molar-refractivity contribution in [1.82, 2.24) is 19.7 Å². The lowest BCUT2D eigenvalue weighted by atomic mass is 9.89. The molecular weight excluding hydrogens is 375 g/mol. The molecule has 3 heterocycles. The van der Waals surface area contributed by atoms with E-state index in [4.69, 9.17) is 0 Å². The molecule has 3 atom stereocenters. The van der Waals surface area contributed by atoms with Crippen molar-refractivity contribution in [2.45, 2.75) is 6.04 Å². The molecule has 1 N–H and O–H groups in total. The third-order valence-corrected chi connectivity index (χ3v) is 5.79. The van der Waals surface area contributed by atoms with E-state index < -0.39 is 0 Å². The standard InChI is InChI=1S/C21H23FN4O3/c1-24(2)21(29)26-11-15-10-25(20(28)14-6-7-23-18(27)9-14)12-17(15)19(26)13-4-3-5-16(22)8-13/h3-9,15,17,19H,10-12H2,1-2H3,(H,23,27)/t15-,17-,19+/m1/s1. The largest absolute Gasteiger partial charge is 0.338 e. The highest BCUT2D eigenvalue weighted by Gasteiger charge is 2.50. The van der Waals surface area contributed by atoms with E-state index in [0.717, 1.165) is 5.56 Å². The molecule has 8 heteroatoms. The molecule has 2 fully saturated rings. The summed E-state index contributed by atoms with van der Waals surface area (Å²) in [6.45, 7) is 1.45. The summed E-state index contributed by atoms with van der Waals surface area (Å²) in [5.74, 6) is -0.448. The number of nitrogens with one attached hydrogen (secondary N) is 1. The fourth-order valence-electron chi connectivity index (χ4n) is 4.54. The monoisotopic (exact) mass is 398 g/mol. The van der Waals surface area contributed by atoms with E-state index in [1.165, 1.54) is 29.3 Å². The van der Waals surface area contributed by atoms with Crippen molar-refractivity contribution < 1.29 is 14.0 Å². The topological polar surface area (TPSA) is 76.7 Å². The van der Waals surface area contributed by atoms with E-state index in [-0.39, 0.29) is 41.2 Å². The van der Waals surface area contributed by atoms with Crippen molar-refractivity contribution in [2.24, 2.45) is 11.8 Å². The molecule has 1 aromatic heterocycles. The van der Waals surface area contributed by atoms with Gasteiger partial charge in [0, 0.05) is 63.4 Å². The van der Waals surface area contributed by atoms with Crippen LogP contribution in [0, 0.1) is 17.7 Å². The maximum Gasteiger partial charge on any atom is 0.320 e. The molecule has 0 unspecified atom stereocenters. The summed E-state index contributed by atoms with van der Waals surface area (Å²) < 4.78 is 13.9. The number of fused-ring (bicyclic) bond motifs is 1. The summed E-state index contributed by atoms with van der Waals surface area (Å²) in [5.41, 5.74) is 0.756. The maximum absolute atomic E-state index is 13.9. The Balaban J connectivity index is 1.63. The number of aromatic nitrogens is 1. The number of amides is 3. The van der Waals surface area contributed by atoms with Gasteiger partial charge in [-0.2, -0.15) is 0 Å². The number of H-pyrrole nitrogens is 1. The number of carbonyl (C=O) groups excluding carboxylic acids is 2. The average Bonchev–Trinajstić information content (AvgIpc) is 3.24. The van der Waals surface area contributed by atoms with Gasteiger partial charge in [-0.1, -0.05) is 12.1 Å². The van der Waals surface area contributed by atoms with Crippen molar-refractivity contribution in [2.75, 3.05) is 33.7 Å². The second kappa shape index (κ2) is 7.35. The fraction of sp³-hybridized carbons (Fsp3) is 0.381. The van der Waals surface area contributed by atoms with E-state index >= 15 is 0 Å². The van der Waals surface area contributed by atoms with Crippen LogP contribution in [0.5, 0.6) is 0 Å². The smallest absolute Gasteiger partial charge is 0.320 e. The molecule has 1 aromatic carbocycles. The molecule has 2 aliphatic heterocycles. The molecule has 2 saturated heterocycles. The molecule has 3 amide bonds. The summed E-state index contributed by atoms with van der Waals surface area (Å²) in [7, 11) is 3.39. The molecule has 0 spiro atoms. The summed E-state index contributed by atoms with van der Waals surface area (Å²) in [6, 6.07) is 8.77. The van der Waals surface area contributed by atoms with Crippen LogP contribution in [-0.2, 0) is 0 Å². The van der Waals surface area contributed by atoms with E-state index in [2.05, 4.69) is 4.98 Å². The van der Waals surface area contributed by atoms with Crippen LogP contribution in [0.1, 0.15) is 22.0 Å². The van der Waals surface area contributed by atoms with Gasteiger partial charge >= 0.3 is 6.03 Å². The van der Waals surface area contributed by atoms with Crippen LogP contribution < -0.4 is 5.56 Å². The van der Waals surface area contributed by atoms with Gasteiger partial charge in [0.15, 0.2) is 0 Å². The van der Waals surface area contributed by atoms with Crippen molar-refractivity contribution >= 4 is 11.9 Å². The predicted molar refractivity (Wildman–Crippen MR) is 105 cm³/mol. The lowest BCUT2D eigenvalue weighted by Crippen LogP contribution is -2.42. The zero-order chi connectivity index (χ0) is 20.7. The predicted octanol–water partition coefficient (Wildman–Crippen LogP) is 1.94. The molecule has 29 heavy (non-hydrogen) atoms. The summed E-state index contributed by atoms with van der Waals surface area (Å²) in [5, 5.41) is 0. The third kappa shape index (κ3) is 3.50. The van der Waals surface area contributed by atoms with E-state index in [1.807, 2.05) is 6.07 Å². The van der Waals surface area contributed by atoms with E-state index in [1.54, 1.807) is 36.0 Å². The highest BCUT2D eigenvalue weighted by atomic mass is 19.1. The number of urea groups is 1. The zero-order valence-corrected chi connectivity index (χ0v) is 16.3. The molecule has 152 valence electrons. The summed E-state index contributed by atoms with van der Waals surface area (Å²) >= 11 is 0. The van der Waals surface area contributed by atoms with Crippen LogP contribution in [0.15, 0.2) is 47.4 Å². The first-order valence-corrected chi connectivity index (χ1v) is 9.56. The third-order valence-electron chi connectivity index (χ3n) is 5.79. The number of nitrogens with zero attached hydrogens (tertiary/aromatic N) is 3. The Kier molecular flexibility index (Phi) is 4.86. The summed E-state index contributed by atoms with van der Waals surface area (Å²) in [6.07, 6.45) is 1.46. The lowest BCUT2D eigenvalue weighted by molar-refractivity contribution is 0.0766. The van der Waals surface area contributed by atoms with Gasteiger partial charge in [0.1, 0.15) is 5.82 Å². The number of aromatic amines is 1. The van der Waals surface area contributed by atoms with Crippen LogP contribution in [0.2, 0.25) is 0 Å². The Bertz CT molecular complexity index is 1010. The number of hydrogen-bond donors (Lipinski definition) is 1. The Morgan fingerprint density at radius 1 is 1.14 bits per heavy atom. The SMILES string of the molecule is CN(C)C(=O)N1C[C@H]2CN(C(=O)c3cc[nH]c(=O)c3)C[C@H]2[C@@H]1c1cccc(F)c1. The first-order valence-electron chi connectivity index (χ1n) is 9.56. The van der Waals surface area contributed by atoms with Crippen LogP contribution >= 0.6 is 0 Å². The van der Waals surface area contributed by atoms with Gasteiger partial charge in [0.05, 0.1) is 6.04 Å². The molecule has 7 nitrogen and oxygen atoms in total. The van der Waals surface area contributed by atoms with Gasteiger partial charge in [-0.05, 0) is 23.8 Å². The highest BCUT2D eigenvalue weighted by molar-refractivity contribution is 5.94. The van der Waals surface area contributed by atoms with Crippen molar-refractivity contribution in [3.63, 3.8) is 0 Å². The van der Waals surface area contributed by atoms with E-state index in [0.29, 0.717) is 25.2 Å². The number of carbonyl (C=O) groups is 2. The quantitative estimate of drug-likeness (QED) is 0.840. The molecule has 0 bridgehead atoms. The Hall–Kier alpha value is -3.16. The van der Waals surface area contributed by atoms with Crippen LogP contribution in [-0.4, -0.2) is 65.4 Å². The van der Waals surface area contributed by atoms with Gasteiger partial charge in [-0.15, -0.1) is 0 Å². The average molecular weight is 398 g/mol. The summed E-state index contributed by atoms with van der Waals surface area (Å²) in [4.78, 5) is 44.7. The van der Waals surface area contributed by atoms with Gasteiger partial charge in [0.2, 0.25) is 5.56 Å². The Morgan fingerprint density at radius 3 is 2.62 bits per heavy atom. The number of hydrogen-bond acceptors (Lipinski definition) is 3. The highest BCUT2D eigenvalue weighted by Crippen LogP contribution is 2.45. The molecule has 0 saturated carbocycles. The first kappa shape index (κ1) is 19.2. The number of likely N-dealkylation sites (tertiary alicyclic amines) is 2. The minimum absolute atomic E-state index is 0.00615. The minimum atomic E-state index is -0.349. The van der Waals surface area contributed by atoms with Gasteiger partial charge in [-0.3, -0.25) is 9.59 Å². The van der Waals surface area contributed by atoms with Crippen LogP contribution in [0.4, 0.5) is 9.18 Å². The molecule has 0 aliphatic carbocycles. The second-order valence-corrected chi connectivity index (χ2v) is 7.90. The Morgan fingerprint density at radius 2 is 1.93 bits per heavy atom. The maximum atomic E-state index is 13.9. The molecule has 2 aliphatic rings. The number of pyridine rings is 1. The lowest BCUT2D eigenvalue weighted by Gasteiger charge is -2.32. The number of benzene rings is 1. The number of halogens is 1. The molecule has 0 radical (unpaired) electrons. The van der Waals surface area contributed by atoms with Crippen molar-refractivity contribution in [3.8, 4) is 0 Å². The second-order valence-electron chi connectivity index (χ2n) is 7.90. The van der Waals surface area contributed by atoms with Crippen LogP contribution in [0.25, 0.3) is 0 Å².